The summed E-state index contributed by atoms with van der Waals surface area (Å²) in [7, 11) is 0. The van der Waals surface area contributed by atoms with Crippen LogP contribution in [-0.2, 0) is 0 Å². The summed E-state index contributed by atoms with van der Waals surface area (Å²) in [6.45, 7) is 0. The van der Waals surface area contributed by atoms with E-state index in [1.54, 1.807) is 12.1 Å². The fourth-order valence-corrected chi connectivity index (χ4v) is 1.86. The van der Waals surface area contributed by atoms with Crippen LogP contribution in [0.4, 0.5) is 10.2 Å². The minimum atomic E-state index is -0.238. The minimum absolute atomic E-state index is 0.238. The van der Waals surface area contributed by atoms with Gasteiger partial charge in [0.2, 0.25) is 0 Å². The number of nitrogens with one attached hydrogen (secondary N) is 1. The van der Waals surface area contributed by atoms with Crippen molar-refractivity contribution < 1.29 is 4.39 Å². The van der Waals surface area contributed by atoms with Crippen molar-refractivity contribution in [2.45, 2.75) is 0 Å². The van der Waals surface area contributed by atoms with Gasteiger partial charge >= 0.3 is 0 Å². The molecule has 0 aliphatic rings. The number of hydrogen-bond donors (Lipinski definition) is 2. The summed E-state index contributed by atoms with van der Waals surface area (Å²) in [6, 6.07) is 12.2. The van der Waals surface area contributed by atoms with Crippen LogP contribution in [0.25, 0.3) is 22.0 Å². The standard InChI is InChI=1S/C13H10FN3/c14-10-4-1-8(2-5-10)9-3-6-12-11(7-9)13(15)17-16-12/h1-7H,(H3,15,16,17). The van der Waals surface area contributed by atoms with Crippen molar-refractivity contribution in [3.63, 3.8) is 0 Å². The number of nitrogens with zero attached hydrogens (tertiary/aromatic N) is 1. The Labute approximate surface area is 97.1 Å². The molecule has 0 aliphatic heterocycles. The Morgan fingerprint density at radius 2 is 1.71 bits per heavy atom. The molecule has 0 bridgehead atoms. The van der Waals surface area contributed by atoms with E-state index in [0.29, 0.717) is 5.82 Å². The monoisotopic (exact) mass is 227 g/mol. The Bertz CT molecular complexity index is 671. The predicted molar refractivity (Wildman–Crippen MR) is 65.9 cm³/mol. The smallest absolute Gasteiger partial charge is 0.153 e. The molecule has 17 heavy (non-hydrogen) atoms. The number of H-pyrrole nitrogens is 1. The Morgan fingerprint density at radius 1 is 1.00 bits per heavy atom. The van der Waals surface area contributed by atoms with Crippen LogP contribution in [0, 0.1) is 5.82 Å². The summed E-state index contributed by atoms with van der Waals surface area (Å²) in [6.07, 6.45) is 0. The highest BCUT2D eigenvalue weighted by molar-refractivity contribution is 5.92. The van der Waals surface area contributed by atoms with Gasteiger partial charge in [0, 0.05) is 5.39 Å². The van der Waals surface area contributed by atoms with E-state index < -0.39 is 0 Å². The van der Waals surface area contributed by atoms with Gasteiger partial charge in [-0.2, -0.15) is 5.10 Å². The maximum atomic E-state index is 12.8. The van der Waals surface area contributed by atoms with Crippen LogP contribution in [0.15, 0.2) is 42.5 Å². The molecule has 0 radical (unpaired) electrons. The third kappa shape index (κ3) is 1.63. The number of benzene rings is 2. The molecule has 1 aromatic heterocycles. The highest BCUT2D eigenvalue weighted by Crippen LogP contribution is 2.26. The summed E-state index contributed by atoms with van der Waals surface area (Å²) in [4.78, 5) is 0. The number of nitrogen functional groups attached to an aromatic ring is 1. The molecule has 0 amide bonds. The van der Waals surface area contributed by atoms with E-state index in [9.17, 15) is 4.39 Å². The van der Waals surface area contributed by atoms with Crippen molar-refractivity contribution in [3.8, 4) is 11.1 Å². The molecular formula is C13H10FN3. The average Bonchev–Trinajstić information content (AvgIpc) is 2.72. The van der Waals surface area contributed by atoms with Crippen LogP contribution in [-0.4, -0.2) is 10.2 Å². The van der Waals surface area contributed by atoms with Crippen LogP contribution in [0.2, 0.25) is 0 Å². The lowest BCUT2D eigenvalue weighted by atomic mass is 10.0. The number of fused-ring (bicyclic) bond motifs is 1. The van der Waals surface area contributed by atoms with E-state index in [1.807, 2.05) is 18.2 Å². The topological polar surface area (TPSA) is 54.7 Å². The van der Waals surface area contributed by atoms with E-state index in [-0.39, 0.29) is 5.82 Å². The molecule has 0 spiro atoms. The van der Waals surface area contributed by atoms with Crippen molar-refractivity contribution in [2.75, 3.05) is 5.73 Å². The van der Waals surface area contributed by atoms with E-state index >= 15 is 0 Å². The Morgan fingerprint density at radius 3 is 2.47 bits per heavy atom. The molecule has 84 valence electrons. The van der Waals surface area contributed by atoms with Crippen molar-refractivity contribution in [1.29, 1.82) is 0 Å². The number of halogens is 1. The Hall–Kier alpha value is -2.36. The molecule has 0 saturated carbocycles. The molecule has 0 saturated heterocycles. The zero-order chi connectivity index (χ0) is 11.8. The van der Waals surface area contributed by atoms with Gasteiger partial charge in [-0.05, 0) is 35.4 Å². The first kappa shape index (κ1) is 9.84. The first-order valence-electron chi connectivity index (χ1n) is 5.23. The summed E-state index contributed by atoms with van der Waals surface area (Å²) in [5, 5.41) is 7.66. The van der Waals surface area contributed by atoms with Crippen molar-refractivity contribution in [2.24, 2.45) is 0 Å². The third-order valence-corrected chi connectivity index (χ3v) is 2.77. The fourth-order valence-electron chi connectivity index (χ4n) is 1.86. The summed E-state index contributed by atoms with van der Waals surface area (Å²) in [5.41, 5.74) is 8.59. The van der Waals surface area contributed by atoms with E-state index in [0.717, 1.165) is 22.0 Å². The normalized spacial score (nSPS) is 10.9. The predicted octanol–water partition coefficient (Wildman–Crippen LogP) is 2.95. The zero-order valence-corrected chi connectivity index (χ0v) is 8.94. The van der Waals surface area contributed by atoms with E-state index in [1.165, 1.54) is 12.1 Å². The quantitative estimate of drug-likeness (QED) is 0.671. The van der Waals surface area contributed by atoms with Crippen molar-refractivity contribution in [1.82, 2.24) is 10.2 Å². The molecule has 4 heteroatoms. The Balaban J connectivity index is 2.17. The summed E-state index contributed by atoms with van der Waals surface area (Å²) < 4.78 is 12.8. The highest BCUT2D eigenvalue weighted by atomic mass is 19.1. The van der Waals surface area contributed by atoms with Crippen LogP contribution in [0.1, 0.15) is 0 Å². The third-order valence-electron chi connectivity index (χ3n) is 2.77. The van der Waals surface area contributed by atoms with Gasteiger partial charge in [-0.25, -0.2) is 4.39 Å². The SMILES string of the molecule is Nc1n[nH]c2ccc(-c3ccc(F)cc3)cc12. The van der Waals surface area contributed by atoms with Crippen LogP contribution in [0.3, 0.4) is 0 Å². The van der Waals surface area contributed by atoms with Gasteiger partial charge in [0.05, 0.1) is 5.52 Å². The molecule has 0 atom stereocenters. The zero-order valence-electron chi connectivity index (χ0n) is 8.94. The molecule has 3 nitrogen and oxygen atoms in total. The molecule has 0 unspecified atom stereocenters. The fraction of sp³-hybridized carbons (Fsp3) is 0. The molecule has 0 fully saturated rings. The summed E-state index contributed by atoms with van der Waals surface area (Å²) >= 11 is 0. The highest BCUT2D eigenvalue weighted by Gasteiger charge is 2.04. The molecule has 3 aromatic rings. The second-order valence-corrected chi connectivity index (χ2v) is 3.88. The maximum absolute atomic E-state index is 12.8. The van der Waals surface area contributed by atoms with Gasteiger partial charge in [-0.15, -0.1) is 0 Å². The molecule has 1 heterocycles. The van der Waals surface area contributed by atoms with Gasteiger partial charge in [0.1, 0.15) is 5.82 Å². The summed E-state index contributed by atoms with van der Waals surface area (Å²) in [5.74, 6) is 0.238. The largest absolute Gasteiger partial charge is 0.382 e. The molecule has 2 aromatic carbocycles. The maximum Gasteiger partial charge on any atom is 0.153 e. The number of nitrogens with two attached hydrogens (primary N) is 1. The molecule has 3 rings (SSSR count). The Kier molecular flexibility index (Phi) is 2.08. The van der Waals surface area contributed by atoms with Crippen molar-refractivity contribution >= 4 is 16.7 Å². The molecule has 3 N–H and O–H groups in total. The number of anilines is 1. The first-order chi connectivity index (χ1) is 8.24. The van der Waals surface area contributed by atoms with Gasteiger partial charge in [-0.3, -0.25) is 5.10 Å². The lowest BCUT2D eigenvalue weighted by Crippen LogP contribution is -1.84. The number of aromatic amines is 1. The van der Waals surface area contributed by atoms with E-state index in [2.05, 4.69) is 10.2 Å². The second kappa shape index (κ2) is 3.59. The van der Waals surface area contributed by atoms with Crippen LogP contribution < -0.4 is 5.73 Å². The second-order valence-electron chi connectivity index (χ2n) is 3.88. The van der Waals surface area contributed by atoms with Crippen LogP contribution in [0.5, 0.6) is 0 Å². The van der Waals surface area contributed by atoms with E-state index in [4.69, 9.17) is 5.73 Å². The molecule has 0 aliphatic carbocycles. The van der Waals surface area contributed by atoms with Crippen molar-refractivity contribution in [3.05, 3.63) is 48.3 Å². The minimum Gasteiger partial charge on any atom is -0.382 e. The lowest BCUT2D eigenvalue weighted by Gasteiger charge is -2.01. The number of rotatable bonds is 1. The lowest BCUT2D eigenvalue weighted by molar-refractivity contribution is 0.628. The number of hydrogen-bond acceptors (Lipinski definition) is 2. The number of aromatic nitrogens is 2. The van der Waals surface area contributed by atoms with Gasteiger partial charge < -0.3 is 5.73 Å². The van der Waals surface area contributed by atoms with Gasteiger partial charge in [-0.1, -0.05) is 18.2 Å². The van der Waals surface area contributed by atoms with Gasteiger partial charge in [0.25, 0.3) is 0 Å². The van der Waals surface area contributed by atoms with Gasteiger partial charge in [0.15, 0.2) is 5.82 Å². The average molecular weight is 227 g/mol. The van der Waals surface area contributed by atoms with Crippen LogP contribution >= 0.6 is 0 Å². The first-order valence-corrected chi connectivity index (χ1v) is 5.23. The molecular weight excluding hydrogens is 217 g/mol.